The van der Waals surface area contributed by atoms with Gasteiger partial charge in [0.15, 0.2) is 0 Å². The van der Waals surface area contributed by atoms with E-state index < -0.39 is 0 Å². The Hall–Kier alpha value is -2.76. The molecule has 0 aromatic heterocycles. The highest BCUT2D eigenvalue weighted by Crippen LogP contribution is 2.49. The Bertz CT molecular complexity index is 873. The largest absolute Gasteiger partial charge is 0.339 e. The first-order valence-electron chi connectivity index (χ1n) is 10.6. The minimum absolute atomic E-state index is 0.0241. The maximum Gasteiger partial charge on any atom is 0.226 e. The Morgan fingerprint density at radius 1 is 0.633 bits per heavy atom. The molecule has 0 N–H and O–H groups in total. The zero-order valence-electron chi connectivity index (χ0n) is 16.6. The smallest absolute Gasteiger partial charge is 0.226 e. The van der Waals surface area contributed by atoms with Gasteiger partial charge in [0.25, 0.3) is 0 Å². The number of hydrogen-bond donors (Lipinski definition) is 0. The molecule has 2 saturated carbocycles. The average molecular weight is 410 g/mol. The SMILES string of the molecule is O=C(C1CC1c1ccc(F)cc1)N1CCN(C(=O)C2CC2c2ccc(F)cc2)CC1. The van der Waals surface area contributed by atoms with E-state index in [1.807, 2.05) is 9.80 Å². The van der Waals surface area contributed by atoms with Crippen LogP contribution in [-0.2, 0) is 9.59 Å². The van der Waals surface area contributed by atoms with Gasteiger partial charge in [0.1, 0.15) is 11.6 Å². The van der Waals surface area contributed by atoms with Gasteiger partial charge >= 0.3 is 0 Å². The first kappa shape index (κ1) is 19.2. The van der Waals surface area contributed by atoms with E-state index in [1.165, 1.54) is 24.3 Å². The highest BCUT2D eigenvalue weighted by atomic mass is 19.1. The number of piperazine rings is 1. The number of amides is 2. The lowest BCUT2D eigenvalue weighted by Crippen LogP contribution is -2.51. The summed E-state index contributed by atoms with van der Waals surface area (Å²) in [6.07, 6.45) is 1.62. The summed E-state index contributed by atoms with van der Waals surface area (Å²) in [5, 5.41) is 0. The second-order valence-corrected chi connectivity index (χ2v) is 8.65. The van der Waals surface area contributed by atoms with Gasteiger partial charge in [0, 0.05) is 38.0 Å². The Kier molecular flexibility index (Phi) is 4.80. The summed E-state index contributed by atoms with van der Waals surface area (Å²) in [4.78, 5) is 29.4. The fourth-order valence-electron chi connectivity index (χ4n) is 4.71. The van der Waals surface area contributed by atoms with Crippen molar-refractivity contribution in [3.8, 4) is 0 Å². The molecule has 3 aliphatic rings. The molecule has 2 aromatic rings. The molecule has 0 bridgehead atoms. The maximum absolute atomic E-state index is 13.1. The van der Waals surface area contributed by atoms with Crippen molar-refractivity contribution in [3.05, 3.63) is 71.3 Å². The van der Waals surface area contributed by atoms with Gasteiger partial charge < -0.3 is 9.80 Å². The third-order valence-electron chi connectivity index (χ3n) is 6.71. The highest BCUT2D eigenvalue weighted by molar-refractivity contribution is 5.85. The van der Waals surface area contributed by atoms with Crippen LogP contribution in [0.2, 0.25) is 0 Å². The summed E-state index contributed by atoms with van der Waals surface area (Å²) in [7, 11) is 0. The van der Waals surface area contributed by atoms with E-state index in [2.05, 4.69) is 0 Å². The molecule has 0 radical (unpaired) electrons. The second kappa shape index (κ2) is 7.49. The molecule has 1 saturated heterocycles. The van der Waals surface area contributed by atoms with Crippen LogP contribution in [0.1, 0.15) is 35.8 Å². The number of rotatable bonds is 4. The van der Waals surface area contributed by atoms with E-state index in [4.69, 9.17) is 0 Å². The van der Waals surface area contributed by atoms with E-state index in [0.717, 1.165) is 24.0 Å². The number of hydrogen-bond acceptors (Lipinski definition) is 2. The molecule has 2 aliphatic carbocycles. The van der Waals surface area contributed by atoms with Gasteiger partial charge in [-0.3, -0.25) is 9.59 Å². The van der Waals surface area contributed by atoms with Crippen LogP contribution in [0.15, 0.2) is 48.5 Å². The van der Waals surface area contributed by atoms with Crippen molar-refractivity contribution < 1.29 is 18.4 Å². The predicted molar refractivity (Wildman–Crippen MR) is 108 cm³/mol. The molecule has 4 atom stereocenters. The van der Waals surface area contributed by atoms with Crippen molar-refractivity contribution in [2.45, 2.75) is 24.7 Å². The lowest BCUT2D eigenvalue weighted by Gasteiger charge is -2.35. The van der Waals surface area contributed by atoms with Gasteiger partial charge in [-0.15, -0.1) is 0 Å². The van der Waals surface area contributed by atoms with Crippen LogP contribution in [-0.4, -0.2) is 47.8 Å². The number of nitrogens with zero attached hydrogens (tertiary/aromatic N) is 2. The summed E-state index contributed by atoms with van der Waals surface area (Å²) >= 11 is 0. The lowest BCUT2D eigenvalue weighted by molar-refractivity contribution is -0.141. The van der Waals surface area contributed by atoms with Gasteiger partial charge in [-0.2, -0.15) is 0 Å². The number of halogens is 2. The molecule has 1 aliphatic heterocycles. The normalized spacial score (nSPS) is 27.7. The van der Waals surface area contributed by atoms with Crippen molar-refractivity contribution in [1.82, 2.24) is 9.80 Å². The minimum Gasteiger partial charge on any atom is -0.339 e. The van der Waals surface area contributed by atoms with Crippen molar-refractivity contribution in [2.75, 3.05) is 26.2 Å². The van der Waals surface area contributed by atoms with Gasteiger partial charge in [-0.25, -0.2) is 8.78 Å². The van der Waals surface area contributed by atoms with Gasteiger partial charge in [0.2, 0.25) is 11.8 Å². The quantitative estimate of drug-likeness (QED) is 0.774. The summed E-state index contributed by atoms with van der Waals surface area (Å²) in [6.45, 7) is 2.24. The van der Waals surface area contributed by atoms with Crippen LogP contribution in [0.4, 0.5) is 8.78 Å². The van der Waals surface area contributed by atoms with Crippen LogP contribution >= 0.6 is 0 Å². The summed E-state index contributed by atoms with van der Waals surface area (Å²) in [6, 6.07) is 12.8. The molecule has 0 spiro atoms. The van der Waals surface area contributed by atoms with Crippen molar-refractivity contribution in [1.29, 1.82) is 0 Å². The number of benzene rings is 2. The van der Waals surface area contributed by atoms with Crippen LogP contribution in [0, 0.1) is 23.5 Å². The zero-order chi connectivity index (χ0) is 20.8. The molecule has 3 fully saturated rings. The zero-order valence-corrected chi connectivity index (χ0v) is 16.6. The summed E-state index contributed by atoms with van der Waals surface area (Å²) in [5.74, 6) is 0.0780. The Morgan fingerprint density at radius 2 is 0.967 bits per heavy atom. The third-order valence-corrected chi connectivity index (χ3v) is 6.71. The maximum atomic E-state index is 13.1. The molecule has 4 nitrogen and oxygen atoms in total. The summed E-state index contributed by atoms with van der Waals surface area (Å²) < 4.78 is 26.2. The predicted octanol–water partition coefficient (Wildman–Crippen LogP) is 3.54. The van der Waals surface area contributed by atoms with Gasteiger partial charge in [-0.05, 0) is 60.1 Å². The first-order chi connectivity index (χ1) is 14.5. The molecule has 5 rings (SSSR count). The monoisotopic (exact) mass is 410 g/mol. The average Bonchev–Trinajstić information content (AvgIpc) is 3.68. The second-order valence-electron chi connectivity index (χ2n) is 8.65. The molecular formula is C24H24F2N2O2. The van der Waals surface area contributed by atoms with E-state index >= 15 is 0 Å². The molecular weight excluding hydrogens is 386 g/mol. The minimum atomic E-state index is -0.264. The molecule has 2 amide bonds. The van der Waals surface area contributed by atoms with Crippen molar-refractivity contribution in [3.63, 3.8) is 0 Å². The standard InChI is InChI=1S/C24H24F2N2O2/c25-17-5-1-15(2-6-17)19-13-21(19)23(29)27-9-11-28(12-10-27)24(30)22-14-20(22)16-3-7-18(26)8-4-16/h1-8,19-22H,9-14H2. The fraction of sp³-hybridized carbons (Fsp3) is 0.417. The van der Waals surface area contributed by atoms with E-state index in [9.17, 15) is 18.4 Å². The van der Waals surface area contributed by atoms with E-state index in [1.54, 1.807) is 24.3 Å². The highest BCUT2D eigenvalue weighted by Gasteiger charge is 2.48. The molecule has 4 unspecified atom stereocenters. The number of carbonyl (C=O) groups is 2. The Balaban J connectivity index is 1.12. The van der Waals surface area contributed by atoms with Crippen LogP contribution < -0.4 is 0 Å². The van der Waals surface area contributed by atoms with Crippen molar-refractivity contribution >= 4 is 11.8 Å². The summed E-state index contributed by atoms with van der Waals surface area (Å²) in [5.41, 5.74) is 2.04. The molecule has 1 heterocycles. The van der Waals surface area contributed by atoms with E-state index in [0.29, 0.717) is 26.2 Å². The third kappa shape index (κ3) is 3.71. The topological polar surface area (TPSA) is 40.6 Å². The Morgan fingerprint density at radius 3 is 1.30 bits per heavy atom. The van der Waals surface area contributed by atoms with Gasteiger partial charge in [-0.1, -0.05) is 24.3 Å². The molecule has 30 heavy (non-hydrogen) atoms. The van der Waals surface area contributed by atoms with Crippen LogP contribution in [0.3, 0.4) is 0 Å². The molecule has 2 aromatic carbocycles. The lowest BCUT2D eigenvalue weighted by atomic mass is 10.1. The van der Waals surface area contributed by atoms with Crippen LogP contribution in [0.25, 0.3) is 0 Å². The molecule has 6 heteroatoms. The first-order valence-corrected chi connectivity index (χ1v) is 10.6. The fourth-order valence-corrected chi connectivity index (χ4v) is 4.71. The van der Waals surface area contributed by atoms with Crippen molar-refractivity contribution in [2.24, 2.45) is 11.8 Å². The van der Waals surface area contributed by atoms with Gasteiger partial charge in [0.05, 0.1) is 0 Å². The Labute approximate surface area is 174 Å². The number of carbonyl (C=O) groups excluding carboxylic acids is 2. The van der Waals surface area contributed by atoms with Crippen LogP contribution in [0.5, 0.6) is 0 Å². The molecule has 156 valence electrons. The van der Waals surface area contributed by atoms with E-state index in [-0.39, 0.29) is 47.1 Å².